The molecule has 1 unspecified atom stereocenters. The van der Waals surface area contributed by atoms with Crippen LogP contribution in [0.2, 0.25) is 0 Å². The number of piperazine rings is 1. The molecule has 10 heteroatoms. The Bertz CT molecular complexity index is 732. The lowest BCUT2D eigenvalue weighted by atomic mass is 10.2. The molecule has 0 saturated carbocycles. The number of sulfonamides is 1. The van der Waals surface area contributed by atoms with E-state index in [4.69, 9.17) is 9.47 Å². The first-order valence-corrected chi connectivity index (χ1v) is 11.8. The zero-order valence-corrected chi connectivity index (χ0v) is 17.5. The molecule has 1 aromatic heterocycles. The van der Waals surface area contributed by atoms with Gasteiger partial charge in [-0.15, -0.1) is 0 Å². The number of carbonyl (C=O) groups excluding carboxylic acids is 1. The maximum Gasteiger partial charge on any atom is 0.222 e. The summed E-state index contributed by atoms with van der Waals surface area (Å²) in [6.07, 6.45) is 4.15. The van der Waals surface area contributed by atoms with Crippen LogP contribution in [0.3, 0.4) is 0 Å². The topological polar surface area (TPSA) is 101 Å². The van der Waals surface area contributed by atoms with Crippen LogP contribution in [0.1, 0.15) is 19.3 Å². The molecule has 1 amide bonds. The van der Waals surface area contributed by atoms with Crippen LogP contribution in [0.5, 0.6) is 0 Å². The Morgan fingerprint density at radius 3 is 2.79 bits per heavy atom. The van der Waals surface area contributed by atoms with E-state index < -0.39 is 10.0 Å². The van der Waals surface area contributed by atoms with Crippen molar-refractivity contribution in [3.05, 3.63) is 24.4 Å². The quantitative estimate of drug-likeness (QED) is 0.535. The lowest BCUT2D eigenvalue weighted by molar-refractivity contribution is -0.122. The number of anilines is 1. The van der Waals surface area contributed by atoms with Gasteiger partial charge in [0.25, 0.3) is 0 Å². The summed E-state index contributed by atoms with van der Waals surface area (Å²) < 4.78 is 37.4. The Morgan fingerprint density at radius 1 is 1.28 bits per heavy atom. The van der Waals surface area contributed by atoms with Gasteiger partial charge in [0.1, 0.15) is 5.82 Å². The average Bonchev–Trinajstić information content (AvgIpc) is 3.25. The Morgan fingerprint density at radius 2 is 2.10 bits per heavy atom. The molecular formula is C19H30N4O5S. The fourth-order valence-electron chi connectivity index (χ4n) is 3.43. The van der Waals surface area contributed by atoms with Crippen LogP contribution in [0, 0.1) is 0 Å². The van der Waals surface area contributed by atoms with Gasteiger partial charge in [0.15, 0.2) is 0 Å². The monoisotopic (exact) mass is 426 g/mol. The van der Waals surface area contributed by atoms with Gasteiger partial charge in [-0.25, -0.2) is 13.4 Å². The fourth-order valence-corrected chi connectivity index (χ4v) is 4.77. The molecule has 2 saturated heterocycles. The van der Waals surface area contributed by atoms with E-state index in [0.717, 1.165) is 25.3 Å². The van der Waals surface area contributed by atoms with Crippen LogP contribution in [0.15, 0.2) is 24.4 Å². The number of rotatable bonds is 10. The third kappa shape index (κ3) is 6.91. The predicted octanol–water partition coefficient (Wildman–Crippen LogP) is 0.235. The highest BCUT2D eigenvalue weighted by Crippen LogP contribution is 2.15. The van der Waals surface area contributed by atoms with Crippen LogP contribution in [0.4, 0.5) is 5.82 Å². The van der Waals surface area contributed by atoms with E-state index in [1.165, 1.54) is 4.31 Å². The second kappa shape index (κ2) is 10.9. The normalized spacial score (nSPS) is 20.7. The molecule has 9 nitrogen and oxygen atoms in total. The maximum atomic E-state index is 12.5. The first-order valence-electron chi connectivity index (χ1n) is 10.1. The van der Waals surface area contributed by atoms with Crippen molar-refractivity contribution in [2.75, 3.05) is 63.2 Å². The van der Waals surface area contributed by atoms with Gasteiger partial charge < -0.3 is 19.7 Å². The minimum absolute atomic E-state index is 0.0981. The number of hydrogen-bond acceptors (Lipinski definition) is 7. The van der Waals surface area contributed by atoms with Crippen molar-refractivity contribution in [3.8, 4) is 0 Å². The van der Waals surface area contributed by atoms with E-state index in [-0.39, 0.29) is 30.7 Å². The van der Waals surface area contributed by atoms with Gasteiger partial charge >= 0.3 is 0 Å². The molecule has 1 N–H and O–H groups in total. The van der Waals surface area contributed by atoms with Gasteiger partial charge in [0.05, 0.1) is 25.1 Å². The molecule has 2 aliphatic heterocycles. The number of carbonyl (C=O) groups is 1. The molecule has 0 radical (unpaired) electrons. The minimum Gasteiger partial charge on any atom is -0.378 e. The van der Waals surface area contributed by atoms with Gasteiger partial charge in [-0.3, -0.25) is 4.79 Å². The number of hydrogen-bond donors (Lipinski definition) is 1. The van der Waals surface area contributed by atoms with E-state index in [0.29, 0.717) is 39.4 Å². The third-order valence-electron chi connectivity index (χ3n) is 5.09. The Labute approximate surface area is 172 Å². The van der Waals surface area contributed by atoms with E-state index in [9.17, 15) is 13.2 Å². The van der Waals surface area contributed by atoms with Crippen molar-refractivity contribution < 1.29 is 22.7 Å². The molecule has 2 fully saturated rings. The van der Waals surface area contributed by atoms with Crippen LogP contribution in [-0.4, -0.2) is 88.0 Å². The van der Waals surface area contributed by atoms with E-state index in [1.807, 2.05) is 18.2 Å². The Hall–Kier alpha value is -1.75. The molecular weight excluding hydrogens is 396 g/mol. The first kappa shape index (κ1) is 21.9. The summed E-state index contributed by atoms with van der Waals surface area (Å²) in [6, 6.07) is 5.70. The van der Waals surface area contributed by atoms with Crippen LogP contribution in [-0.2, 0) is 24.3 Å². The van der Waals surface area contributed by atoms with Crippen molar-refractivity contribution in [2.24, 2.45) is 0 Å². The van der Waals surface area contributed by atoms with Gasteiger partial charge in [-0.2, -0.15) is 4.31 Å². The highest BCUT2D eigenvalue weighted by atomic mass is 32.2. The largest absolute Gasteiger partial charge is 0.378 e. The molecule has 0 bridgehead atoms. The molecule has 0 aliphatic carbocycles. The first-order chi connectivity index (χ1) is 14.0. The summed E-state index contributed by atoms with van der Waals surface area (Å²) in [5.74, 6) is 0.560. The molecule has 1 aromatic rings. The molecule has 0 aromatic carbocycles. The number of amides is 1. The van der Waals surface area contributed by atoms with Gasteiger partial charge in [0, 0.05) is 51.9 Å². The number of nitrogens with zero attached hydrogens (tertiary/aromatic N) is 3. The van der Waals surface area contributed by atoms with Gasteiger partial charge in [-0.1, -0.05) is 6.07 Å². The lowest BCUT2D eigenvalue weighted by Gasteiger charge is -2.34. The minimum atomic E-state index is -3.40. The fraction of sp³-hybridized carbons (Fsp3) is 0.684. The average molecular weight is 427 g/mol. The highest BCUT2D eigenvalue weighted by Gasteiger charge is 2.27. The van der Waals surface area contributed by atoms with E-state index in [1.54, 1.807) is 6.20 Å². The van der Waals surface area contributed by atoms with Crippen molar-refractivity contribution in [2.45, 2.75) is 25.4 Å². The summed E-state index contributed by atoms with van der Waals surface area (Å²) in [6.45, 7) is 3.75. The number of nitrogens with one attached hydrogen (secondary N) is 1. The molecule has 3 heterocycles. The number of aromatic nitrogens is 1. The van der Waals surface area contributed by atoms with E-state index >= 15 is 0 Å². The molecule has 3 rings (SSSR count). The van der Waals surface area contributed by atoms with Crippen molar-refractivity contribution in [1.29, 1.82) is 0 Å². The summed E-state index contributed by atoms with van der Waals surface area (Å²) in [5, 5.41) is 2.66. The third-order valence-corrected chi connectivity index (χ3v) is 6.96. The van der Waals surface area contributed by atoms with E-state index in [2.05, 4.69) is 15.2 Å². The van der Waals surface area contributed by atoms with Crippen molar-refractivity contribution >= 4 is 21.7 Å². The summed E-state index contributed by atoms with van der Waals surface area (Å²) in [5.41, 5.74) is 0. The second-order valence-corrected chi connectivity index (χ2v) is 9.29. The predicted molar refractivity (Wildman–Crippen MR) is 109 cm³/mol. The Kier molecular flexibility index (Phi) is 8.22. The highest BCUT2D eigenvalue weighted by molar-refractivity contribution is 7.89. The molecule has 0 spiro atoms. The van der Waals surface area contributed by atoms with Crippen molar-refractivity contribution in [3.63, 3.8) is 0 Å². The summed E-state index contributed by atoms with van der Waals surface area (Å²) in [4.78, 5) is 18.2. The second-order valence-electron chi connectivity index (χ2n) is 7.20. The van der Waals surface area contributed by atoms with Crippen LogP contribution >= 0.6 is 0 Å². The maximum absolute atomic E-state index is 12.5. The summed E-state index contributed by atoms with van der Waals surface area (Å²) in [7, 11) is -3.40. The van der Waals surface area contributed by atoms with Crippen LogP contribution < -0.4 is 10.2 Å². The van der Waals surface area contributed by atoms with Crippen LogP contribution in [0.25, 0.3) is 0 Å². The van der Waals surface area contributed by atoms with Gasteiger partial charge in [-0.05, 0) is 25.0 Å². The summed E-state index contributed by atoms with van der Waals surface area (Å²) >= 11 is 0. The number of ether oxygens (including phenoxy) is 2. The molecule has 29 heavy (non-hydrogen) atoms. The zero-order chi connectivity index (χ0) is 20.5. The molecule has 162 valence electrons. The molecule has 1 atom stereocenters. The van der Waals surface area contributed by atoms with Gasteiger partial charge in [0.2, 0.25) is 15.9 Å². The lowest BCUT2D eigenvalue weighted by Crippen LogP contribution is -2.50. The smallest absolute Gasteiger partial charge is 0.222 e. The Balaban J connectivity index is 1.30. The zero-order valence-electron chi connectivity index (χ0n) is 16.7. The molecule has 2 aliphatic rings. The number of pyridine rings is 1. The standard InChI is InChI=1S/C19H30N4O5S/c24-19(6-14-27-16-17-4-3-13-28-17)21-8-15-29(25,26)23-11-9-22(10-12-23)18-5-1-2-7-20-18/h1-2,5,7,17H,3-4,6,8-16H2,(H,21,24). The van der Waals surface area contributed by atoms with Crippen molar-refractivity contribution in [1.82, 2.24) is 14.6 Å². The SMILES string of the molecule is O=C(CCOCC1CCCO1)NCCS(=O)(=O)N1CCN(c2ccccn2)CC1.